The summed E-state index contributed by atoms with van der Waals surface area (Å²) in [5.41, 5.74) is -4.44. The van der Waals surface area contributed by atoms with Gasteiger partial charge in [-0.2, -0.15) is 31.4 Å². The van der Waals surface area contributed by atoms with Gasteiger partial charge in [0.25, 0.3) is 0 Å². The van der Waals surface area contributed by atoms with Gasteiger partial charge in [-0.1, -0.05) is 19.9 Å². The summed E-state index contributed by atoms with van der Waals surface area (Å²) in [5, 5.41) is 5.40. The van der Waals surface area contributed by atoms with Crippen LogP contribution in [-0.4, -0.2) is 21.7 Å². The number of benzene rings is 1. The normalized spacial score (nSPS) is 23.3. The lowest BCUT2D eigenvalue weighted by Crippen LogP contribution is -2.43. The van der Waals surface area contributed by atoms with Crippen LogP contribution in [0.5, 0.6) is 0 Å². The van der Waals surface area contributed by atoms with Crippen LogP contribution >= 0.6 is 0 Å². The van der Waals surface area contributed by atoms with Crippen molar-refractivity contribution < 1.29 is 35.5 Å². The van der Waals surface area contributed by atoms with Crippen molar-refractivity contribution in [2.45, 2.75) is 45.0 Å². The summed E-state index contributed by atoms with van der Waals surface area (Å²) in [4.78, 5) is 17.1. The number of ketones is 1. The third-order valence-electron chi connectivity index (χ3n) is 5.64. The van der Waals surface area contributed by atoms with Crippen molar-refractivity contribution in [2.75, 3.05) is 0 Å². The minimum Gasteiger partial charge on any atom is -0.299 e. The van der Waals surface area contributed by atoms with Gasteiger partial charge in [0.15, 0.2) is 5.82 Å². The molecule has 4 nitrogen and oxygen atoms in total. The Morgan fingerprint density at radius 2 is 1.71 bits per heavy atom. The minimum absolute atomic E-state index is 0.0374. The molecule has 1 aliphatic carbocycles. The van der Waals surface area contributed by atoms with Gasteiger partial charge in [-0.25, -0.2) is 9.38 Å². The number of aromatic amines is 1. The number of rotatable bonds is 1. The zero-order valence-corrected chi connectivity index (χ0v) is 16.2. The van der Waals surface area contributed by atoms with Gasteiger partial charge >= 0.3 is 12.4 Å². The maximum absolute atomic E-state index is 13.7. The lowest BCUT2D eigenvalue weighted by molar-refractivity contribution is -0.142. The average molecular weight is 447 g/mol. The molecule has 2 heterocycles. The first kappa shape index (κ1) is 21.5. The van der Waals surface area contributed by atoms with E-state index in [0.717, 1.165) is 12.1 Å². The smallest absolute Gasteiger partial charge is 0.299 e. The Kier molecular flexibility index (Phi) is 4.61. The van der Waals surface area contributed by atoms with E-state index in [4.69, 9.17) is 0 Å². The molecule has 1 saturated carbocycles. The van der Waals surface area contributed by atoms with E-state index in [1.807, 2.05) is 5.10 Å². The van der Waals surface area contributed by atoms with Gasteiger partial charge in [0.1, 0.15) is 17.3 Å². The summed E-state index contributed by atoms with van der Waals surface area (Å²) >= 11 is 0. The van der Waals surface area contributed by atoms with Crippen LogP contribution in [0.2, 0.25) is 0 Å². The average Bonchev–Trinajstić information content (AvgIpc) is 3.02. The largest absolute Gasteiger partial charge is 0.433 e. The Labute approximate surface area is 171 Å². The lowest BCUT2D eigenvalue weighted by atomic mass is 9.63. The molecular formula is C20H16F7N3O. The molecule has 0 radical (unpaired) electrons. The van der Waals surface area contributed by atoms with E-state index < -0.39 is 69.4 Å². The Hall–Kier alpha value is -2.72. The number of aromatic nitrogens is 2. The quantitative estimate of drug-likeness (QED) is 0.561. The number of nitrogens with zero attached hydrogens (tertiary/aromatic N) is 2. The number of Topliss-reactive ketones (excluding diaryl/α,β-unsaturated/α-hetero) is 1. The van der Waals surface area contributed by atoms with Crippen LogP contribution in [-0.2, 0) is 17.1 Å². The second-order valence-corrected chi connectivity index (χ2v) is 8.61. The van der Waals surface area contributed by atoms with Crippen molar-refractivity contribution in [2.24, 2.45) is 16.3 Å². The molecule has 2 aliphatic rings. The first-order valence-corrected chi connectivity index (χ1v) is 9.31. The number of hydrogen-bond donors (Lipinski definition) is 1. The zero-order valence-electron chi connectivity index (χ0n) is 16.2. The molecule has 1 aromatic carbocycles. The SMILES string of the molecule is CC1(C)CC(=O)C2C(=Nc3n[nH]c(C(F)(F)F)c3C2c2ccc(F)cc2C(F)(F)F)C1. The molecule has 2 aromatic rings. The van der Waals surface area contributed by atoms with Crippen molar-refractivity contribution in [1.82, 2.24) is 10.2 Å². The highest BCUT2D eigenvalue weighted by Gasteiger charge is 2.52. The molecule has 1 fully saturated rings. The van der Waals surface area contributed by atoms with Crippen LogP contribution in [0.1, 0.15) is 55.0 Å². The molecule has 1 aromatic heterocycles. The summed E-state index contributed by atoms with van der Waals surface area (Å²) in [7, 11) is 0. The maximum atomic E-state index is 13.7. The predicted molar refractivity (Wildman–Crippen MR) is 95.4 cm³/mol. The molecule has 2 atom stereocenters. The zero-order chi connectivity index (χ0) is 22.9. The Balaban J connectivity index is 2.03. The molecule has 31 heavy (non-hydrogen) atoms. The minimum atomic E-state index is -5.05. The number of hydrogen-bond acceptors (Lipinski definition) is 3. The van der Waals surface area contributed by atoms with Crippen molar-refractivity contribution >= 4 is 17.3 Å². The molecule has 0 spiro atoms. The van der Waals surface area contributed by atoms with Crippen molar-refractivity contribution in [3.8, 4) is 0 Å². The molecule has 0 bridgehead atoms. The van der Waals surface area contributed by atoms with Crippen LogP contribution in [0.3, 0.4) is 0 Å². The van der Waals surface area contributed by atoms with Crippen molar-refractivity contribution in [1.29, 1.82) is 0 Å². The summed E-state index contributed by atoms with van der Waals surface area (Å²) in [6.45, 7) is 3.53. The second kappa shape index (κ2) is 6.64. The highest BCUT2D eigenvalue weighted by molar-refractivity contribution is 6.11. The second-order valence-electron chi connectivity index (χ2n) is 8.61. The number of aliphatic imine (C=N–C) groups is 1. The first-order chi connectivity index (χ1) is 14.2. The Bertz CT molecular complexity index is 1100. The standard InChI is InChI=1S/C20H16F7N3O/c1-18(2)6-11-14(12(31)7-18)13(9-4-3-8(21)5-10(9)19(22,23)24)15-16(20(25,26)27)29-30-17(15)28-11/h3-5,13-14H,6-7H2,1-2H3,(H,29,30). The fraction of sp³-hybridized carbons (Fsp3) is 0.450. The van der Waals surface area contributed by atoms with Gasteiger partial charge in [-0.3, -0.25) is 9.89 Å². The van der Waals surface area contributed by atoms with E-state index >= 15 is 0 Å². The topological polar surface area (TPSA) is 58.1 Å². The van der Waals surface area contributed by atoms with E-state index in [1.165, 1.54) is 0 Å². The van der Waals surface area contributed by atoms with Gasteiger partial charge < -0.3 is 0 Å². The molecule has 0 saturated heterocycles. The first-order valence-electron chi connectivity index (χ1n) is 9.31. The van der Waals surface area contributed by atoms with E-state index in [2.05, 4.69) is 10.1 Å². The molecule has 166 valence electrons. The molecule has 2 unspecified atom stereocenters. The molecule has 11 heteroatoms. The van der Waals surface area contributed by atoms with E-state index in [1.54, 1.807) is 13.8 Å². The fourth-order valence-electron chi connectivity index (χ4n) is 4.54. The van der Waals surface area contributed by atoms with Crippen LogP contribution in [0, 0.1) is 17.2 Å². The number of fused-ring (bicyclic) bond motifs is 2. The van der Waals surface area contributed by atoms with Gasteiger partial charge in [-0.05, 0) is 29.5 Å². The summed E-state index contributed by atoms with van der Waals surface area (Å²) < 4.78 is 95.8. The number of nitrogens with one attached hydrogen (secondary N) is 1. The third kappa shape index (κ3) is 3.63. The Morgan fingerprint density at radius 1 is 1.03 bits per heavy atom. The highest BCUT2D eigenvalue weighted by Crippen LogP contribution is 2.53. The van der Waals surface area contributed by atoms with Crippen LogP contribution in [0.15, 0.2) is 23.2 Å². The van der Waals surface area contributed by atoms with E-state index in [0.29, 0.717) is 0 Å². The van der Waals surface area contributed by atoms with Crippen LogP contribution in [0.4, 0.5) is 36.6 Å². The predicted octanol–water partition coefficient (Wildman–Crippen LogP) is 5.81. The molecule has 1 N–H and O–H groups in total. The van der Waals surface area contributed by atoms with E-state index in [9.17, 15) is 35.5 Å². The molecule has 4 rings (SSSR count). The van der Waals surface area contributed by atoms with Crippen molar-refractivity contribution in [3.05, 3.63) is 46.4 Å². The third-order valence-corrected chi connectivity index (χ3v) is 5.64. The fourth-order valence-corrected chi connectivity index (χ4v) is 4.54. The number of alkyl halides is 6. The van der Waals surface area contributed by atoms with Gasteiger partial charge in [-0.15, -0.1) is 0 Å². The number of carbonyl (C=O) groups excluding carboxylic acids is 1. The lowest BCUT2D eigenvalue weighted by Gasteiger charge is -2.40. The van der Waals surface area contributed by atoms with E-state index in [-0.39, 0.29) is 24.6 Å². The molecule has 1 aliphatic heterocycles. The van der Waals surface area contributed by atoms with Crippen LogP contribution < -0.4 is 0 Å². The van der Waals surface area contributed by atoms with Gasteiger partial charge in [0.2, 0.25) is 0 Å². The van der Waals surface area contributed by atoms with Crippen LogP contribution in [0.25, 0.3) is 0 Å². The monoisotopic (exact) mass is 447 g/mol. The molecular weight excluding hydrogens is 431 g/mol. The summed E-state index contributed by atoms with van der Waals surface area (Å²) in [6.07, 6.45) is -9.85. The molecule has 0 amide bonds. The number of H-pyrrole nitrogens is 1. The maximum Gasteiger partial charge on any atom is 0.433 e. The summed E-state index contributed by atoms with van der Waals surface area (Å²) in [5.74, 6) is -5.10. The summed E-state index contributed by atoms with van der Waals surface area (Å²) in [6, 6.07) is 1.75. The van der Waals surface area contributed by atoms with Crippen molar-refractivity contribution in [3.63, 3.8) is 0 Å². The number of carbonyl (C=O) groups is 1. The number of halogens is 7. The van der Waals surface area contributed by atoms with Gasteiger partial charge in [0, 0.05) is 23.6 Å². The Morgan fingerprint density at radius 3 is 2.32 bits per heavy atom. The van der Waals surface area contributed by atoms with Gasteiger partial charge in [0.05, 0.1) is 11.5 Å². The highest BCUT2D eigenvalue weighted by atomic mass is 19.4.